The number of methoxy groups -OCH3 is 1. The summed E-state index contributed by atoms with van der Waals surface area (Å²) in [7, 11) is 1.35. The highest BCUT2D eigenvalue weighted by atomic mass is 16.5. The first-order valence-electron chi connectivity index (χ1n) is 4.01. The second-order valence-corrected chi connectivity index (χ2v) is 2.60. The second kappa shape index (κ2) is 4.67. The topological polar surface area (TPSA) is 59.7 Å². The summed E-state index contributed by atoms with van der Waals surface area (Å²) in [6.45, 7) is -0.113. The molecule has 0 unspecified atom stereocenters. The van der Waals surface area contributed by atoms with Crippen LogP contribution in [0.25, 0.3) is 0 Å². The van der Waals surface area contributed by atoms with E-state index < -0.39 is 0 Å². The minimum Gasteiger partial charge on any atom is -0.469 e. The lowest BCUT2D eigenvalue weighted by Crippen LogP contribution is -2.01. The van der Waals surface area contributed by atoms with Crippen molar-refractivity contribution < 1.29 is 19.1 Å². The van der Waals surface area contributed by atoms with Crippen molar-refractivity contribution in [3.05, 3.63) is 23.7 Å². The molecule has 0 spiro atoms. The Balaban J connectivity index is 2.41. The van der Waals surface area contributed by atoms with E-state index in [4.69, 9.17) is 9.52 Å². The third kappa shape index (κ3) is 2.91. The van der Waals surface area contributed by atoms with Gasteiger partial charge in [0.1, 0.15) is 18.1 Å². The van der Waals surface area contributed by atoms with Crippen molar-refractivity contribution in [2.24, 2.45) is 0 Å². The number of carbonyl (C=O) groups excluding carboxylic acids is 1. The Bertz CT molecular complexity index is 277. The van der Waals surface area contributed by atoms with E-state index in [1.165, 1.54) is 7.11 Å². The van der Waals surface area contributed by atoms with Crippen molar-refractivity contribution in [1.29, 1.82) is 0 Å². The second-order valence-electron chi connectivity index (χ2n) is 2.60. The number of hydrogen-bond acceptors (Lipinski definition) is 4. The summed E-state index contributed by atoms with van der Waals surface area (Å²) < 4.78 is 9.64. The van der Waals surface area contributed by atoms with E-state index in [0.29, 0.717) is 24.4 Å². The zero-order valence-electron chi connectivity index (χ0n) is 7.45. The van der Waals surface area contributed by atoms with E-state index in [0.717, 1.165) is 0 Å². The van der Waals surface area contributed by atoms with Crippen LogP contribution >= 0.6 is 0 Å². The predicted molar refractivity (Wildman–Crippen MR) is 45.0 cm³/mol. The summed E-state index contributed by atoms with van der Waals surface area (Å²) in [5.74, 6) is 0.941. The van der Waals surface area contributed by atoms with E-state index in [2.05, 4.69) is 4.74 Å². The zero-order valence-corrected chi connectivity index (χ0v) is 7.45. The lowest BCUT2D eigenvalue weighted by atomic mass is 10.2. The number of furan rings is 1. The molecular formula is C9H12O4. The van der Waals surface area contributed by atoms with Crippen LogP contribution in [0.5, 0.6) is 0 Å². The molecule has 0 bridgehead atoms. The van der Waals surface area contributed by atoms with Crippen LogP contribution in [0, 0.1) is 0 Å². The highest BCUT2D eigenvalue weighted by molar-refractivity contribution is 5.69. The first kappa shape index (κ1) is 9.80. The fourth-order valence-corrected chi connectivity index (χ4v) is 0.969. The summed E-state index contributed by atoms with van der Waals surface area (Å²) in [6, 6.07) is 3.43. The van der Waals surface area contributed by atoms with E-state index in [1.807, 2.05) is 0 Å². The van der Waals surface area contributed by atoms with Gasteiger partial charge in [0.2, 0.25) is 0 Å². The summed E-state index contributed by atoms with van der Waals surface area (Å²) in [5, 5.41) is 8.69. The molecule has 0 fully saturated rings. The van der Waals surface area contributed by atoms with Gasteiger partial charge in [0.15, 0.2) is 0 Å². The minimum atomic E-state index is -0.262. The molecule has 0 atom stereocenters. The number of aliphatic hydroxyl groups is 1. The number of ether oxygens (including phenoxy) is 1. The van der Waals surface area contributed by atoms with Crippen LogP contribution < -0.4 is 0 Å². The van der Waals surface area contributed by atoms with Crippen molar-refractivity contribution in [3.63, 3.8) is 0 Å². The Morgan fingerprint density at radius 3 is 2.77 bits per heavy atom. The Hall–Kier alpha value is -1.29. The van der Waals surface area contributed by atoms with Gasteiger partial charge in [-0.1, -0.05) is 0 Å². The minimum absolute atomic E-state index is 0.113. The van der Waals surface area contributed by atoms with E-state index >= 15 is 0 Å². The van der Waals surface area contributed by atoms with E-state index in [-0.39, 0.29) is 12.6 Å². The van der Waals surface area contributed by atoms with Crippen molar-refractivity contribution in [1.82, 2.24) is 0 Å². The molecule has 1 rings (SSSR count). The van der Waals surface area contributed by atoms with Gasteiger partial charge in [0, 0.05) is 6.42 Å². The van der Waals surface area contributed by atoms with Crippen molar-refractivity contribution in [3.8, 4) is 0 Å². The standard InChI is InChI=1S/C9H12O4/c1-12-9(11)5-4-7-2-3-8(6-10)13-7/h2-3,10H,4-6H2,1H3. The van der Waals surface area contributed by atoms with Gasteiger partial charge in [-0.25, -0.2) is 0 Å². The smallest absolute Gasteiger partial charge is 0.305 e. The van der Waals surface area contributed by atoms with Gasteiger partial charge in [0.05, 0.1) is 13.5 Å². The van der Waals surface area contributed by atoms with Crippen molar-refractivity contribution in [2.75, 3.05) is 7.11 Å². The summed E-state index contributed by atoms with van der Waals surface area (Å²) in [4.78, 5) is 10.7. The van der Waals surface area contributed by atoms with Crippen LogP contribution in [0.4, 0.5) is 0 Å². The number of aliphatic hydroxyl groups excluding tert-OH is 1. The third-order valence-electron chi connectivity index (χ3n) is 1.68. The molecule has 72 valence electrons. The summed E-state index contributed by atoms with van der Waals surface area (Å²) in [5.41, 5.74) is 0. The number of esters is 1. The van der Waals surface area contributed by atoms with Crippen LogP contribution in [0.2, 0.25) is 0 Å². The quantitative estimate of drug-likeness (QED) is 0.705. The van der Waals surface area contributed by atoms with Gasteiger partial charge >= 0.3 is 5.97 Å². The molecule has 1 N–H and O–H groups in total. The van der Waals surface area contributed by atoms with Gasteiger partial charge in [-0.2, -0.15) is 0 Å². The maximum atomic E-state index is 10.7. The van der Waals surface area contributed by atoms with E-state index in [1.54, 1.807) is 12.1 Å². The largest absolute Gasteiger partial charge is 0.469 e. The molecule has 1 heterocycles. The molecule has 0 aliphatic rings. The highest BCUT2D eigenvalue weighted by Gasteiger charge is 2.04. The van der Waals surface area contributed by atoms with Gasteiger partial charge in [0.25, 0.3) is 0 Å². The van der Waals surface area contributed by atoms with Gasteiger partial charge < -0.3 is 14.3 Å². The van der Waals surface area contributed by atoms with Gasteiger partial charge in [-0.05, 0) is 12.1 Å². The number of rotatable bonds is 4. The Morgan fingerprint density at radius 2 is 2.23 bits per heavy atom. The predicted octanol–water partition coefficient (Wildman–Crippen LogP) is 0.877. The molecule has 0 radical (unpaired) electrons. The normalized spacial score (nSPS) is 10.0. The van der Waals surface area contributed by atoms with Crippen molar-refractivity contribution in [2.45, 2.75) is 19.4 Å². The summed E-state index contributed by atoms with van der Waals surface area (Å²) in [6.07, 6.45) is 0.807. The lowest BCUT2D eigenvalue weighted by Gasteiger charge is -1.96. The molecule has 0 aromatic carbocycles. The molecular weight excluding hydrogens is 172 g/mol. The molecule has 1 aromatic heterocycles. The van der Waals surface area contributed by atoms with Gasteiger partial charge in [-0.15, -0.1) is 0 Å². The first-order valence-corrected chi connectivity index (χ1v) is 4.01. The molecule has 4 heteroatoms. The first-order chi connectivity index (χ1) is 6.26. The van der Waals surface area contributed by atoms with Crippen LogP contribution in [0.3, 0.4) is 0 Å². The average Bonchev–Trinajstić information content (AvgIpc) is 2.61. The monoisotopic (exact) mass is 184 g/mol. The number of carbonyl (C=O) groups is 1. The molecule has 0 aliphatic carbocycles. The highest BCUT2D eigenvalue weighted by Crippen LogP contribution is 2.09. The maximum absolute atomic E-state index is 10.7. The van der Waals surface area contributed by atoms with E-state index in [9.17, 15) is 4.79 Å². The molecule has 1 aromatic rings. The Labute approximate surface area is 76.1 Å². The average molecular weight is 184 g/mol. The summed E-state index contributed by atoms with van der Waals surface area (Å²) >= 11 is 0. The molecule has 0 amide bonds. The Kier molecular flexibility index (Phi) is 3.52. The van der Waals surface area contributed by atoms with Crippen LogP contribution in [0.15, 0.2) is 16.5 Å². The fourth-order valence-electron chi connectivity index (χ4n) is 0.969. The lowest BCUT2D eigenvalue weighted by molar-refractivity contribution is -0.140. The number of aryl methyl sites for hydroxylation is 1. The Morgan fingerprint density at radius 1 is 1.54 bits per heavy atom. The van der Waals surface area contributed by atoms with Gasteiger partial charge in [-0.3, -0.25) is 4.79 Å². The fraction of sp³-hybridized carbons (Fsp3) is 0.444. The molecule has 0 saturated heterocycles. The van der Waals surface area contributed by atoms with Crippen LogP contribution in [-0.2, 0) is 22.6 Å². The van der Waals surface area contributed by atoms with Crippen LogP contribution in [-0.4, -0.2) is 18.2 Å². The molecule has 0 saturated carbocycles. The molecule has 4 nitrogen and oxygen atoms in total. The van der Waals surface area contributed by atoms with Crippen LogP contribution in [0.1, 0.15) is 17.9 Å². The maximum Gasteiger partial charge on any atom is 0.305 e. The van der Waals surface area contributed by atoms with Crippen molar-refractivity contribution >= 4 is 5.97 Å². The molecule has 0 aliphatic heterocycles. The zero-order chi connectivity index (χ0) is 9.68. The third-order valence-corrected chi connectivity index (χ3v) is 1.68. The SMILES string of the molecule is COC(=O)CCc1ccc(CO)o1. The molecule has 13 heavy (non-hydrogen) atoms. The number of hydrogen-bond donors (Lipinski definition) is 1.